The molecule has 3 rings (SSSR count). The van der Waals surface area contributed by atoms with E-state index in [2.05, 4.69) is 13.8 Å². The number of likely N-dealkylation sites (tertiary alicyclic amines) is 1. The molecule has 1 amide bonds. The molecule has 0 aromatic carbocycles. The maximum absolute atomic E-state index is 13.2. The molecule has 0 spiro atoms. The Morgan fingerprint density at radius 3 is 2.38 bits per heavy atom. The van der Waals surface area contributed by atoms with Crippen molar-refractivity contribution in [2.45, 2.75) is 70.4 Å². The number of amides is 1. The monoisotopic (exact) mass is 294 g/mol. The van der Waals surface area contributed by atoms with Gasteiger partial charge < -0.3 is 15.4 Å². The second-order valence-electron chi connectivity index (χ2n) is 7.69. The molecule has 0 aromatic rings. The van der Waals surface area contributed by atoms with Crippen LogP contribution >= 0.6 is 0 Å². The van der Waals surface area contributed by atoms with E-state index in [9.17, 15) is 4.79 Å². The summed E-state index contributed by atoms with van der Waals surface area (Å²) in [6, 6.07) is 0. The lowest BCUT2D eigenvalue weighted by Crippen LogP contribution is -2.82. The number of nitrogens with two attached hydrogens (primary N) is 1. The zero-order valence-corrected chi connectivity index (χ0v) is 13.6. The van der Waals surface area contributed by atoms with Gasteiger partial charge in [0, 0.05) is 31.0 Å². The fourth-order valence-corrected chi connectivity index (χ4v) is 4.72. The van der Waals surface area contributed by atoms with Gasteiger partial charge in [0.05, 0.1) is 6.10 Å². The molecule has 0 radical (unpaired) electrons. The molecular weight excluding hydrogens is 264 g/mol. The molecule has 3 atom stereocenters. The number of ether oxygens (including phenoxy) is 1. The van der Waals surface area contributed by atoms with Crippen LogP contribution in [0.3, 0.4) is 0 Å². The lowest BCUT2D eigenvalue weighted by Gasteiger charge is -2.65. The van der Waals surface area contributed by atoms with Gasteiger partial charge in [-0.2, -0.15) is 0 Å². The summed E-state index contributed by atoms with van der Waals surface area (Å²) in [7, 11) is 0. The van der Waals surface area contributed by atoms with E-state index in [1.165, 1.54) is 19.3 Å². The van der Waals surface area contributed by atoms with Crippen molar-refractivity contribution < 1.29 is 9.53 Å². The van der Waals surface area contributed by atoms with Gasteiger partial charge in [0.25, 0.3) is 0 Å². The fraction of sp³-hybridized carbons (Fsp3) is 0.941. The maximum Gasteiger partial charge on any atom is 0.243 e. The average molecular weight is 294 g/mol. The number of hydrogen-bond acceptors (Lipinski definition) is 3. The van der Waals surface area contributed by atoms with Crippen molar-refractivity contribution in [1.82, 2.24) is 4.90 Å². The highest BCUT2D eigenvalue weighted by Gasteiger charge is 2.70. The van der Waals surface area contributed by atoms with Gasteiger partial charge in [-0.1, -0.05) is 33.1 Å². The molecule has 120 valence electrons. The molecule has 4 nitrogen and oxygen atoms in total. The van der Waals surface area contributed by atoms with Crippen LogP contribution in [0.4, 0.5) is 0 Å². The van der Waals surface area contributed by atoms with Crippen LogP contribution in [0.2, 0.25) is 0 Å². The highest BCUT2D eigenvalue weighted by atomic mass is 16.5. The van der Waals surface area contributed by atoms with Crippen LogP contribution in [0.15, 0.2) is 0 Å². The quantitative estimate of drug-likeness (QED) is 0.807. The van der Waals surface area contributed by atoms with E-state index in [4.69, 9.17) is 10.5 Å². The predicted octanol–water partition coefficient (Wildman–Crippen LogP) is 2.31. The largest absolute Gasteiger partial charge is 0.377 e. The Bertz CT molecular complexity index is 402. The van der Waals surface area contributed by atoms with Crippen LogP contribution in [-0.2, 0) is 9.53 Å². The molecule has 2 saturated heterocycles. The minimum atomic E-state index is -0.725. The Labute approximate surface area is 128 Å². The van der Waals surface area contributed by atoms with Crippen LogP contribution in [0.5, 0.6) is 0 Å². The third-order valence-electron chi connectivity index (χ3n) is 6.18. The standard InChI is InChI=1S/C17H30N2O2/c1-16(2)14-13(9-8-12-21-14)17(16,18)15(20)19-10-6-4-3-5-7-11-19/h13-14H,3-12,18H2,1-2H3. The summed E-state index contributed by atoms with van der Waals surface area (Å²) in [6.07, 6.45) is 8.24. The molecule has 21 heavy (non-hydrogen) atoms. The molecule has 2 aliphatic heterocycles. The molecular formula is C17H30N2O2. The summed E-state index contributed by atoms with van der Waals surface area (Å²) in [6.45, 7) is 6.81. The number of rotatable bonds is 1. The molecule has 2 N–H and O–H groups in total. The first-order valence-corrected chi connectivity index (χ1v) is 8.69. The number of hydrogen-bond donors (Lipinski definition) is 1. The summed E-state index contributed by atoms with van der Waals surface area (Å²) in [5.74, 6) is 0.389. The van der Waals surface area contributed by atoms with E-state index >= 15 is 0 Å². The number of carbonyl (C=O) groups is 1. The summed E-state index contributed by atoms with van der Waals surface area (Å²) in [5, 5.41) is 0. The highest BCUT2D eigenvalue weighted by molar-refractivity contribution is 5.89. The summed E-state index contributed by atoms with van der Waals surface area (Å²) >= 11 is 0. The minimum absolute atomic E-state index is 0.162. The van der Waals surface area contributed by atoms with Gasteiger partial charge in [0.2, 0.25) is 5.91 Å². The third kappa shape index (κ3) is 2.22. The van der Waals surface area contributed by atoms with Gasteiger partial charge in [-0.25, -0.2) is 0 Å². The van der Waals surface area contributed by atoms with E-state index in [0.29, 0.717) is 0 Å². The molecule has 3 aliphatic rings. The van der Waals surface area contributed by atoms with Crippen LogP contribution < -0.4 is 5.73 Å². The van der Waals surface area contributed by atoms with Crippen LogP contribution in [0.1, 0.15) is 58.8 Å². The minimum Gasteiger partial charge on any atom is -0.377 e. The topological polar surface area (TPSA) is 55.6 Å². The average Bonchev–Trinajstić information content (AvgIpc) is 2.45. The normalized spacial score (nSPS) is 39.7. The molecule has 4 heteroatoms. The van der Waals surface area contributed by atoms with Crippen molar-refractivity contribution in [2.24, 2.45) is 17.1 Å². The van der Waals surface area contributed by atoms with Crippen molar-refractivity contribution in [1.29, 1.82) is 0 Å². The lowest BCUT2D eigenvalue weighted by molar-refractivity contribution is -0.230. The van der Waals surface area contributed by atoms with Crippen LogP contribution in [0.25, 0.3) is 0 Å². The molecule has 1 saturated carbocycles. The second-order valence-corrected chi connectivity index (χ2v) is 7.69. The maximum atomic E-state index is 13.2. The third-order valence-corrected chi connectivity index (χ3v) is 6.18. The van der Waals surface area contributed by atoms with Crippen LogP contribution in [-0.4, -0.2) is 42.1 Å². The fourth-order valence-electron chi connectivity index (χ4n) is 4.72. The van der Waals surface area contributed by atoms with E-state index in [1.54, 1.807) is 0 Å². The van der Waals surface area contributed by atoms with Gasteiger partial charge in [-0.05, 0) is 25.7 Å². The van der Waals surface area contributed by atoms with Gasteiger partial charge in [-0.15, -0.1) is 0 Å². The van der Waals surface area contributed by atoms with E-state index < -0.39 is 5.54 Å². The van der Waals surface area contributed by atoms with Crippen molar-refractivity contribution >= 4 is 5.91 Å². The molecule has 2 heterocycles. The smallest absolute Gasteiger partial charge is 0.243 e. The Morgan fingerprint density at radius 1 is 1.10 bits per heavy atom. The summed E-state index contributed by atoms with van der Waals surface area (Å²) < 4.78 is 5.92. The van der Waals surface area contributed by atoms with Crippen molar-refractivity contribution in [3.8, 4) is 0 Å². The number of fused-ring (bicyclic) bond motifs is 1. The van der Waals surface area contributed by atoms with Crippen molar-refractivity contribution in [3.05, 3.63) is 0 Å². The van der Waals surface area contributed by atoms with E-state index in [0.717, 1.165) is 45.4 Å². The van der Waals surface area contributed by atoms with Crippen molar-refractivity contribution in [2.75, 3.05) is 19.7 Å². The van der Waals surface area contributed by atoms with E-state index in [1.807, 2.05) is 4.90 Å². The Kier molecular flexibility index (Phi) is 4.04. The first-order chi connectivity index (χ1) is 9.99. The van der Waals surface area contributed by atoms with E-state index in [-0.39, 0.29) is 23.3 Å². The molecule has 3 fully saturated rings. The Balaban J connectivity index is 1.78. The Morgan fingerprint density at radius 2 is 1.71 bits per heavy atom. The first-order valence-electron chi connectivity index (χ1n) is 8.69. The zero-order valence-electron chi connectivity index (χ0n) is 13.6. The lowest BCUT2D eigenvalue weighted by atomic mass is 9.46. The molecule has 3 unspecified atom stereocenters. The molecule has 0 aromatic heterocycles. The van der Waals surface area contributed by atoms with Gasteiger partial charge in [0.1, 0.15) is 5.54 Å². The molecule has 1 aliphatic carbocycles. The van der Waals surface area contributed by atoms with Crippen LogP contribution in [0, 0.1) is 11.3 Å². The number of carbonyl (C=O) groups excluding carboxylic acids is 1. The van der Waals surface area contributed by atoms with Gasteiger partial charge in [-0.3, -0.25) is 4.79 Å². The number of nitrogens with zero attached hydrogens (tertiary/aromatic N) is 1. The first kappa shape index (κ1) is 15.3. The summed E-state index contributed by atoms with van der Waals surface area (Å²) in [5.41, 5.74) is 5.75. The SMILES string of the molecule is CC1(C)C2OCCCC2C1(N)C(=O)N1CCCCCCC1. The van der Waals surface area contributed by atoms with Gasteiger partial charge in [0.15, 0.2) is 0 Å². The van der Waals surface area contributed by atoms with Crippen molar-refractivity contribution in [3.63, 3.8) is 0 Å². The summed E-state index contributed by atoms with van der Waals surface area (Å²) in [4.78, 5) is 15.2. The zero-order chi connectivity index (χ0) is 15.1. The van der Waals surface area contributed by atoms with Gasteiger partial charge >= 0.3 is 0 Å². The predicted molar refractivity (Wildman–Crippen MR) is 82.8 cm³/mol. The molecule has 0 bridgehead atoms. The Hall–Kier alpha value is -0.610. The second kappa shape index (κ2) is 5.54. The highest BCUT2D eigenvalue weighted by Crippen LogP contribution is 2.58.